The third-order valence-electron chi connectivity index (χ3n) is 3.95. The van der Waals surface area contributed by atoms with Crippen molar-refractivity contribution in [3.05, 3.63) is 16.7 Å². The van der Waals surface area contributed by atoms with Crippen LogP contribution in [0.15, 0.2) is 0 Å². The number of nitrogens with two attached hydrogens (primary N) is 1. The van der Waals surface area contributed by atoms with Crippen molar-refractivity contribution in [2.75, 3.05) is 29.2 Å². The zero-order valence-electron chi connectivity index (χ0n) is 12.5. The van der Waals surface area contributed by atoms with Gasteiger partial charge in [0.25, 0.3) is 0 Å². The van der Waals surface area contributed by atoms with Crippen LogP contribution in [0.2, 0.25) is 0 Å². The fourth-order valence-electron chi connectivity index (χ4n) is 2.71. The van der Waals surface area contributed by atoms with Crippen molar-refractivity contribution in [1.29, 1.82) is 15.8 Å². The molecule has 0 radical (unpaired) electrons. The Morgan fingerprint density at radius 2 is 1.96 bits per heavy atom. The number of H-pyrrole nitrogens is 1. The number of nitrogens with zero attached hydrogens (tertiary/aromatic N) is 4. The molecule has 118 valence electrons. The summed E-state index contributed by atoms with van der Waals surface area (Å²) >= 11 is 0. The first-order chi connectivity index (χ1) is 10.8. The Bertz CT molecular complexity index is 872. The van der Waals surface area contributed by atoms with E-state index in [4.69, 9.17) is 11.0 Å². The molecule has 2 rings (SSSR count). The third kappa shape index (κ3) is 3.03. The van der Waals surface area contributed by atoms with Gasteiger partial charge in [0.1, 0.15) is 23.3 Å². The van der Waals surface area contributed by atoms with Crippen LogP contribution in [0, 0.1) is 34.0 Å². The van der Waals surface area contributed by atoms with Crippen LogP contribution < -0.4 is 15.6 Å². The smallest absolute Gasteiger partial charge is 0.240 e. The van der Waals surface area contributed by atoms with Gasteiger partial charge in [-0.05, 0) is 6.42 Å². The summed E-state index contributed by atoms with van der Waals surface area (Å²) in [5.74, 6) is 0.479. The number of nitriles is 3. The summed E-state index contributed by atoms with van der Waals surface area (Å²) in [5.41, 5.74) is 6.31. The number of nitrogen functional groups attached to an aromatic ring is 1. The number of anilines is 2. The van der Waals surface area contributed by atoms with E-state index in [1.807, 2.05) is 18.2 Å². The van der Waals surface area contributed by atoms with Crippen LogP contribution in [0.3, 0.4) is 0 Å². The summed E-state index contributed by atoms with van der Waals surface area (Å²) in [6, 6.07) is 5.53. The number of hydrogen-bond donors (Lipinski definition) is 1. The summed E-state index contributed by atoms with van der Waals surface area (Å²) in [5, 5.41) is 27.6. The van der Waals surface area contributed by atoms with Gasteiger partial charge in [-0.1, -0.05) is 0 Å². The maximum absolute atomic E-state index is 11.7. The molecule has 1 aromatic rings. The molecule has 0 saturated carbocycles. The molecule has 1 saturated heterocycles. The number of aromatic amines is 1. The molecule has 2 heterocycles. The van der Waals surface area contributed by atoms with Gasteiger partial charge in [0, 0.05) is 5.56 Å². The number of pyridine rings is 1. The summed E-state index contributed by atoms with van der Waals surface area (Å²) in [7, 11) is -1.42. The zero-order chi connectivity index (χ0) is 17.2. The van der Waals surface area contributed by atoms with Crippen molar-refractivity contribution in [3.63, 3.8) is 0 Å². The molecule has 0 aliphatic carbocycles. The number of nitrogens with one attached hydrogen (secondary N) is 1. The first-order valence-corrected chi connectivity index (χ1v) is 8.64. The maximum atomic E-state index is 11.7. The van der Waals surface area contributed by atoms with Crippen LogP contribution in [0.5, 0.6) is 0 Å². The highest BCUT2D eigenvalue weighted by Crippen LogP contribution is 2.27. The summed E-state index contributed by atoms with van der Waals surface area (Å²) in [6.45, 7) is 0. The normalized spacial score (nSPS) is 18.6. The van der Waals surface area contributed by atoms with Gasteiger partial charge in [-0.25, -0.2) is 13.4 Å². The van der Waals surface area contributed by atoms with Gasteiger partial charge in [-0.3, -0.25) is 4.90 Å². The van der Waals surface area contributed by atoms with Crippen LogP contribution in [0.1, 0.15) is 23.1 Å². The zero-order valence-corrected chi connectivity index (χ0v) is 13.3. The van der Waals surface area contributed by atoms with E-state index >= 15 is 0 Å². The first-order valence-electron chi connectivity index (χ1n) is 6.82. The van der Waals surface area contributed by atoms with E-state index < -0.39 is 9.84 Å². The highest BCUT2D eigenvalue weighted by atomic mass is 32.2. The monoisotopic (exact) mass is 331 g/mol. The van der Waals surface area contributed by atoms with Crippen molar-refractivity contribution in [1.82, 2.24) is 0 Å². The van der Waals surface area contributed by atoms with Crippen LogP contribution >= 0.6 is 0 Å². The van der Waals surface area contributed by atoms with E-state index in [9.17, 15) is 18.9 Å². The van der Waals surface area contributed by atoms with Gasteiger partial charge in [0.2, 0.25) is 11.6 Å². The lowest BCUT2D eigenvalue weighted by molar-refractivity contribution is -0.347. The molecule has 1 fully saturated rings. The van der Waals surface area contributed by atoms with Gasteiger partial charge in [0.15, 0.2) is 9.84 Å². The lowest BCUT2D eigenvalue weighted by Gasteiger charge is -2.22. The first kappa shape index (κ1) is 16.5. The number of hydrogen-bond acceptors (Lipinski definition) is 7. The van der Waals surface area contributed by atoms with Crippen LogP contribution in [0.25, 0.3) is 0 Å². The fraction of sp³-hybridized carbons (Fsp3) is 0.429. The molecule has 0 spiro atoms. The molecule has 1 aromatic heterocycles. The predicted molar refractivity (Wildman–Crippen MR) is 81.6 cm³/mol. The SMILES string of the molecule is CN(c1[nH+]c(N)c(C#N)c(CC#N)c1C#N)[C@H]1CCS(=O)(=O)C1. The molecule has 1 aliphatic heterocycles. The molecule has 23 heavy (non-hydrogen) atoms. The van der Waals surface area contributed by atoms with E-state index in [1.165, 1.54) is 0 Å². The quantitative estimate of drug-likeness (QED) is 0.785. The summed E-state index contributed by atoms with van der Waals surface area (Å²) < 4.78 is 23.3. The molecule has 0 bridgehead atoms. The molecule has 8 nitrogen and oxygen atoms in total. The number of sulfone groups is 1. The van der Waals surface area contributed by atoms with Gasteiger partial charge in [-0.15, -0.1) is 0 Å². The average molecular weight is 331 g/mol. The van der Waals surface area contributed by atoms with Crippen molar-refractivity contribution >= 4 is 21.5 Å². The molecule has 9 heteroatoms. The molecule has 0 amide bonds. The van der Waals surface area contributed by atoms with Crippen molar-refractivity contribution in [2.24, 2.45) is 0 Å². The van der Waals surface area contributed by atoms with Crippen molar-refractivity contribution in [3.8, 4) is 18.2 Å². The van der Waals surface area contributed by atoms with Crippen LogP contribution in [-0.2, 0) is 16.3 Å². The summed E-state index contributed by atoms with van der Waals surface area (Å²) in [6.07, 6.45) is 0.319. The molecule has 0 aromatic carbocycles. The molecule has 1 aliphatic rings. The molecule has 0 unspecified atom stereocenters. The minimum Gasteiger partial charge on any atom is -0.318 e. The van der Waals surface area contributed by atoms with Gasteiger partial charge in [0.05, 0.1) is 37.1 Å². The molecular weight excluding hydrogens is 316 g/mol. The topological polar surface area (TPSA) is 149 Å². The van der Waals surface area contributed by atoms with Gasteiger partial charge in [-0.2, -0.15) is 15.8 Å². The van der Waals surface area contributed by atoms with E-state index in [-0.39, 0.29) is 46.5 Å². The molecule has 3 N–H and O–H groups in total. The second-order valence-electron chi connectivity index (χ2n) is 5.34. The number of aromatic nitrogens is 1. The number of rotatable bonds is 3. The lowest BCUT2D eigenvalue weighted by Crippen LogP contribution is -2.38. The Hall–Kier alpha value is -2.83. The van der Waals surface area contributed by atoms with Crippen LogP contribution in [-0.4, -0.2) is 33.0 Å². The van der Waals surface area contributed by atoms with Gasteiger partial charge >= 0.3 is 0 Å². The van der Waals surface area contributed by atoms with Gasteiger partial charge < -0.3 is 5.73 Å². The highest BCUT2D eigenvalue weighted by molar-refractivity contribution is 7.91. The Labute approximate surface area is 134 Å². The second kappa shape index (κ2) is 6.12. The van der Waals surface area contributed by atoms with E-state index in [1.54, 1.807) is 11.9 Å². The minimum absolute atomic E-state index is 0.00427. The predicted octanol–water partition coefficient (Wildman–Crippen LogP) is -0.484. The largest absolute Gasteiger partial charge is 0.318 e. The van der Waals surface area contributed by atoms with E-state index in [0.717, 1.165) is 0 Å². The van der Waals surface area contributed by atoms with E-state index in [2.05, 4.69) is 4.98 Å². The third-order valence-corrected chi connectivity index (χ3v) is 5.70. The Kier molecular flexibility index (Phi) is 4.40. The van der Waals surface area contributed by atoms with Crippen molar-refractivity contribution < 1.29 is 13.4 Å². The Balaban J connectivity index is 2.58. The van der Waals surface area contributed by atoms with Crippen molar-refractivity contribution in [2.45, 2.75) is 18.9 Å². The standard InChI is InChI=1S/C14H14N6O2S/c1-20(9-3-5-23(21,22)8-9)14-12(7-17)10(2-4-15)11(6-16)13(18)19-14/h9H,2-3,5,8H2,1H3,(H2,18,19)/p+1/t9-/m0/s1. The molecular formula is C14H15N6O2S+. The molecule has 1 atom stereocenters. The summed E-state index contributed by atoms with van der Waals surface area (Å²) in [4.78, 5) is 4.46. The highest BCUT2D eigenvalue weighted by Gasteiger charge is 2.36. The minimum atomic E-state index is -3.09. The maximum Gasteiger partial charge on any atom is 0.240 e. The van der Waals surface area contributed by atoms with E-state index in [0.29, 0.717) is 12.2 Å². The Morgan fingerprint density at radius 3 is 2.43 bits per heavy atom. The lowest BCUT2D eigenvalue weighted by atomic mass is 10.0. The second-order valence-corrected chi connectivity index (χ2v) is 7.57. The van der Waals surface area contributed by atoms with Crippen LogP contribution in [0.4, 0.5) is 11.6 Å². The average Bonchev–Trinajstić information content (AvgIpc) is 2.86. The fourth-order valence-corrected chi connectivity index (χ4v) is 4.49. The Morgan fingerprint density at radius 1 is 1.30 bits per heavy atom.